The van der Waals surface area contributed by atoms with Gasteiger partial charge in [-0.2, -0.15) is 0 Å². The fourth-order valence-corrected chi connectivity index (χ4v) is 2.34. The molecule has 1 aliphatic rings. The van der Waals surface area contributed by atoms with Gasteiger partial charge in [0.05, 0.1) is 0 Å². The van der Waals surface area contributed by atoms with Gasteiger partial charge >= 0.3 is 0 Å². The number of hydrogen-bond donors (Lipinski definition) is 2. The first-order chi connectivity index (χ1) is 10.2. The lowest BCUT2D eigenvalue weighted by atomic mass is 10.3. The highest BCUT2D eigenvalue weighted by molar-refractivity contribution is 9.10. The summed E-state index contributed by atoms with van der Waals surface area (Å²) in [5.41, 5.74) is 1.03. The van der Waals surface area contributed by atoms with E-state index in [4.69, 9.17) is 0 Å². The topological polar surface area (TPSA) is 49.8 Å². The molecule has 1 aromatic heterocycles. The quantitative estimate of drug-likeness (QED) is 0.796. The summed E-state index contributed by atoms with van der Waals surface area (Å²) in [7, 11) is 0. The van der Waals surface area contributed by atoms with E-state index in [9.17, 15) is 0 Å². The Balaban J connectivity index is 1.82. The van der Waals surface area contributed by atoms with Crippen LogP contribution in [0.15, 0.2) is 34.8 Å². The van der Waals surface area contributed by atoms with Gasteiger partial charge in [-0.3, -0.25) is 0 Å². The molecular formula is C16H19BrN4. The first-order valence-corrected chi connectivity index (χ1v) is 8.19. The lowest BCUT2D eigenvalue weighted by Gasteiger charge is -2.11. The number of nitrogens with one attached hydrogen (secondary N) is 2. The molecule has 0 atom stereocenters. The maximum Gasteiger partial charge on any atom is 0.136 e. The zero-order valence-corrected chi connectivity index (χ0v) is 13.7. The second-order valence-corrected chi connectivity index (χ2v) is 6.25. The van der Waals surface area contributed by atoms with Crippen LogP contribution in [0.1, 0.15) is 37.9 Å². The molecule has 0 amide bonds. The highest BCUT2D eigenvalue weighted by Gasteiger charge is 2.27. The van der Waals surface area contributed by atoms with Crippen molar-refractivity contribution in [3.05, 3.63) is 40.6 Å². The van der Waals surface area contributed by atoms with Gasteiger partial charge in [-0.25, -0.2) is 9.97 Å². The predicted octanol–water partition coefficient (Wildman–Crippen LogP) is 4.68. The smallest absolute Gasteiger partial charge is 0.136 e. The van der Waals surface area contributed by atoms with Crippen LogP contribution in [0.3, 0.4) is 0 Å². The molecular weight excluding hydrogens is 328 g/mol. The molecule has 0 radical (unpaired) electrons. The average molecular weight is 347 g/mol. The number of halogens is 1. The fraction of sp³-hybridized carbons (Fsp3) is 0.375. The number of benzene rings is 1. The number of hydrogen-bond acceptors (Lipinski definition) is 4. The van der Waals surface area contributed by atoms with E-state index in [2.05, 4.69) is 43.5 Å². The Kier molecular flexibility index (Phi) is 4.39. The lowest BCUT2D eigenvalue weighted by Crippen LogP contribution is -2.06. The van der Waals surface area contributed by atoms with Crippen LogP contribution in [-0.4, -0.2) is 16.5 Å². The molecule has 3 rings (SSSR count). The van der Waals surface area contributed by atoms with Gasteiger partial charge in [0.2, 0.25) is 0 Å². The summed E-state index contributed by atoms with van der Waals surface area (Å²) in [5.74, 6) is 3.26. The Morgan fingerprint density at radius 2 is 1.86 bits per heavy atom. The van der Waals surface area contributed by atoms with Crippen molar-refractivity contribution in [2.75, 3.05) is 17.2 Å². The Bertz CT molecular complexity index is 608. The fourth-order valence-electron chi connectivity index (χ4n) is 2.08. The zero-order valence-electron chi connectivity index (χ0n) is 12.1. The Hall–Kier alpha value is -1.62. The molecule has 0 spiro atoms. The minimum Gasteiger partial charge on any atom is -0.370 e. The van der Waals surface area contributed by atoms with E-state index < -0.39 is 0 Å². The molecule has 0 aliphatic heterocycles. The van der Waals surface area contributed by atoms with Crippen LogP contribution in [0, 0.1) is 0 Å². The van der Waals surface area contributed by atoms with E-state index in [0.29, 0.717) is 5.92 Å². The Labute approximate surface area is 133 Å². The van der Waals surface area contributed by atoms with Crippen molar-refractivity contribution in [3.8, 4) is 0 Å². The van der Waals surface area contributed by atoms with E-state index in [1.807, 2.05) is 30.3 Å². The minimum atomic E-state index is 0.541. The maximum atomic E-state index is 4.65. The van der Waals surface area contributed by atoms with Crippen molar-refractivity contribution in [3.63, 3.8) is 0 Å². The summed E-state index contributed by atoms with van der Waals surface area (Å²) in [6, 6.07) is 10.1. The first-order valence-electron chi connectivity index (χ1n) is 7.40. The van der Waals surface area contributed by atoms with Crippen LogP contribution in [0.25, 0.3) is 0 Å². The van der Waals surface area contributed by atoms with Gasteiger partial charge in [-0.1, -0.05) is 22.9 Å². The monoisotopic (exact) mass is 346 g/mol. The summed E-state index contributed by atoms with van der Waals surface area (Å²) in [5, 5.41) is 6.71. The van der Waals surface area contributed by atoms with Gasteiger partial charge < -0.3 is 10.6 Å². The van der Waals surface area contributed by atoms with Gasteiger partial charge in [0.15, 0.2) is 0 Å². The molecule has 5 heteroatoms. The van der Waals surface area contributed by atoms with Crippen molar-refractivity contribution in [1.29, 1.82) is 0 Å². The van der Waals surface area contributed by atoms with Crippen LogP contribution >= 0.6 is 15.9 Å². The van der Waals surface area contributed by atoms with Crippen molar-refractivity contribution in [1.82, 2.24) is 9.97 Å². The molecule has 21 heavy (non-hydrogen) atoms. The van der Waals surface area contributed by atoms with E-state index in [1.54, 1.807) is 0 Å². The van der Waals surface area contributed by atoms with Crippen LogP contribution in [0.5, 0.6) is 0 Å². The molecule has 110 valence electrons. The molecule has 1 aromatic carbocycles. The summed E-state index contributed by atoms with van der Waals surface area (Å²) in [4.78, 5) is 9.27. The van der Waals surface area contributed by atoms with Crippen molar-refractivity contribution < 1.29 is 0 Å². The third-order valence-electron chi connectivity index (χ3n) is 3.36. The molecule has 0 bridgehead atoms. The van der Waals surface area contributed by atoms with Crippen LogP contribution in [0.4, 0.5) is 17.3 Å². The molecule has 0 unspecified atom stereocenters. The Morgan fingerprint density at radius 3 is 2.52 bits per heavy atom. The van der Waals surface area contributed by atoms with Gasteiger partial charge in [0, 0.05) is 28.7 Å². The van der Waals surface area contributed by atoms with Gasteiger partial charge in [-0.05, 0) is 43.5 Å². The number of rotatable bonds is 6. The van der Waals surface area contributed by atoms with E-state index in [-0.39, 0.29) is 0 Å². The highest BCUT2D eigenvalue weighted by Crippen LogP contribution is 2.39. The van der Waals surface area contributed by atoms with Crippen LogP contribution in [0.2, 0.25) is 0 Å². The second-order valence-electron chi connectivity index (χ2n) is 5.33. The molecule has 0 saturated heterocycles. The molecule has 1 heterocycles. The summed E-state index contributed by atoms with van der Waals surface area (Å²) < 4.78 is 1.07. The molecule has 1 fully saturated rings. The average Bonchev–Trinajstić information content (AvgIpc) is 3.32. The summed E-state index contributed by atoms with van der Waals surface area (Å²) in [6.07, 6.45) is 3.49. The highest BCUT2D eigenvalue weighted by atomic mass is 79.9. The van der Waals surface area contributed by atoms with E-state index >= 15 is 0 Å². The van der Waals surface area contributed by atoms with E-state index in [1.165, 1.54) is 12.8 Å². The normalized spacial score (nSPS) is 14.0. The van der Waals surface area contributed by atoms with Crippen LogP contribution in [-0.2, 0) is 0 Å². The maximum absolute atomic E-state index is 4.65. The summed E-state index contributed by atoms with van der Waals surface area (Å²) >= 11 is 3.45. The first kappa shape index (κ1) is 14.3. The van der Waals surface area contributed by atoms with Crippen molar-refractivity contribution in [2.45, 2.75) is 32.1 Å². The molecule has 1 aliphatic carbocycles. The number of anilines is 3. The molecule has 2 N–H and O–H groups in total. The third kappa shape index (κ3) is 3.94. The van der Waals surface area contributed by atoms with Crippen molar-refractivity contribution >= 4 is 33.3 Å². The SMILES string of the molecule is CCCNc1cc(Nc2ccc(Br)cc2)nc(C2CC2)n1. The zero-order chi connectivity index (χ0) is 14.7. The van der Waals surface area contributed by atoms with E-state index in [0.717, 1.165) is 40.6 Å². The van der Waals surface area contributed by atoms with Gasteiger partial charge in [0.25, 0.3) is 0 Å². The second kappa shape index (κ2) is 6.43. The van der Waals surface area contributed by atoms with Crippen LogP contribution < -0.4 is 10.6 Å². The van der Waals surface area contributed by atoms with Gasteiger partial charge in [-0.15, -0.1) is 0 Å². The minimum absolute atomic E-state index is 0.541. The Morgan fingerprint density at radius 1 is 1.14 bits per heavy atom. The number of aromatic nitrogens is 2. The number of nitrogens with zero attached hydrogens (tertiary/aromatic N) is 2. The molecule has 1 saturated carbocycles. The predicted molar refractivity (Wildman–Crippen MR) is 90.2 cm³/mol. The largest absolute Gasteiger partial charge is 0.370 e. The summed E-state index contributed by atoms with van der Waals surface area (Å²) in [6.45, 7) is 3.08. The standard InChI is InChI=1S/C16H19BrN4/c1-2-9-18-14-10-15(21-16(20-14)11-3-4-11)19-13-7-5-12(17)6-8-13/h5-8,10-11H,2-4,9H2,1H3,(H2,18,19,20,21). The lowest BCUT2D eigenvalue weighted by molar-refractivity contribution is 0.911. The van der Waals surface area contributed by atoms with Crippen molar-refractivity contribution in [2.24, 2.45) is 0 Å². The molecule has 4 nitrogen and oxygen atoms in total. The third-order valence-corrected chi connectivity index (χ3v) is 3.89. The molecule has 2 aromatic rings. The van der Waals surface area contributed by atoms with Gasteiger partial charge in [0.1, 0.15) is 17.5 Å².